The van der Waals surface area contributed by atoms with Crippen molar-refractivity contribution in [3.05, 3.63) is 35.9 Å². The quantitative estimate of drug-likeness (QED) is 0.793. The average Bonchev–Trinajstić information content (AvgIpc) is 3.26. The van der Waals surface area contributed by atoms with Crippen molar-refractivity contribution < 1.29 is 14.6 Å². The van der Waals surface area contributed by atoms with Crippen LogP contribution in [0.5, 0.6) is 0 Å². The molecule has 1 atom stereocenters. The van der Waals surface area contributed by atoms with Crippen LogP contribution in [-0.2, 0) is 11.3 Å². The minimum atomic E-state index is -0.418. The van der Waals surface area contributed by atoms with Gasteiger partial charge < -0.3 is 15.2 Å². The van der Waals surface area contributed by atoms with E-state index < -0.39 is 6.09 Å². The topological polar surface area (TPSA) is 58.6 Å². The van der Waals surface area contributed by atoms with Crippen molar-refractivity contribution in [2.75, 3.05) is 13.2 Å². The summed E-state index contributed by atoms with van der Waals surface area (Å²) in [5, 5.41) is 11.9. The molecule has 0 aliphatic heterocycles. The minimum Gasteiger partial charge on any atom is -0.445 e. The zero-order valence-corrected chi connectivity index (χ0v) is 11.0. The first-order valence-electron chi connectivity index (χ1n) is 6.83. The van der Waals surface area contributed by atoms with Gasteiger partial charge in [0.05, 0.1) is 0 Å². The Morgan fingerprint density at radius 1 is 1.37 bits per heavy atom. The lowest BCUT2D eigenvalue weighted by Crippen LogP contribution is -2.31. The van der Waals surface area contributed by atoms with Crippen molar-refractivity contribution in [3.8, 4) is 0 Å². The number of carbonyl (C=O) groups is 1. The molecule has 2 N–H and O–H groups in total. The van der Waals surface area contributed by atoms with E-state index in [1.165, 1.54) is 12.8 Å². The molecule has 1 aliphatic rings. The summed E-state index contributed by atoms with van der Waals surface area (Å²) in [6, 6.07) is 9.57. The number of alkyl carbamates (subject to hydrolysis) is 1. The number of hydrogen-bond acceptors (Lipinski definition) is 3. The third-order valence-corrected chi connectivity index (χ3v) is 3.37. The van der Waals surface area contributed by atoms with E-state index in [0.717, 1.165) is 17.9 Å². The van der Waals surface area contributed by atoms with Crippen molar-refractivity contribution in [1.29, 1.82) is 0 Å². The Balaban J connectivity index is 1.63. The predicted octanol–water partition coefficient (Wildman–Crippen LogP) is 2.32. The van der Waals surface area contributed by atoms with E-state index in [1.807, 2.05) is 30.3 Å². The van der Waals surface area contributed by atoms with Gasteiger partial charge in [-0.3, -0.25) is 0 Å². The van der Waals surface area contributed by atoms with Crippen LogP contribution in [0.15, 0.2) is 30.3 Å². The van der Waals surface area contributed by atoms with Gasteiger partial charge in [-0.05, 0) is 23.8 Å². The number of nitrogens with one attached hydrogen (secondary N) is 1. The summed E-state index contributed by atoms with van der Waals surface area (Å²) >= 11 is 0. The Morgan fingerprint density at radius 3 is 2.74 bits per heavy atom. The second-order valence-corrected chi connectivity index (χ2v) is 5.17. The first-order valence-corrected chi connectivity index (χ1v) is 6.83. The maximum Gasteiger partial charge on any atom is 0.407 e. The molecule has 1 aromatic rings. The average molecular weight is 263 g/mol. The van der Waals surface area contributed by atoms with E-state index >= 15 is 0 Å². The molecule has 1 aliphatic carbocycles. The van der Waals surface area contributed by atoms with E-state index in [4.69, 9.17) is 4.74 Å². The van der Waals surface area contributed by atoms with Gasteiger partial charge in [0.2, 0.25) is 0 Å². The van der Waals surface area contributed by atoms with Gasteiger partial charge in [0.25, 0.3) is 0 Å². The number of carbonyl (C=O) groups excluding carboxylic acids is 1. The molecule has 1 saturated carbocycles. The third-order valence-electron chi connectivity index (χ3n) is 3.37. The van der Waals surface area contributed by atoms with Crippen molar-refractivity contribution in [3.63, 3.8) is 0 Å². The van der Waals surface area contributed by atoms with E-state index in [9.17, 15) is 9.90 Å². The molecule has 0 radical (unpaired) electrons. The first kappa shape index (κ1) is 13.9. The fourth-order valence-corrected chi connectivity index (χ4v) is 2.05. The molecule has 1 amide bonds. The molecule has 1 unspecified atom stereocenters. The summed E-state index contributed by atoms with van der Waals surface area (Å²) < 4.78 is 5.11. The Hall–Kier alpha value is -1.55. The lowest BCUT2D eigenvalue weighted by Gasteiger charge is -2.14. The highest BCUT2D eigenvalue weighted by molar-refractivity contribution is 5.67. The van der Waals surface area contributed by atoms with Crippen LogP contribution >= 0.6 is 0 Å². The molecule has 0 bridgehead atoms. The lowest BCUT2D eigenvalue weighted by molar-refractivity contribution is 0.134. The summed E-state index contributed by atoms with van der Waals surface area (Å²) in [7, 11) is 0. The van der Waals surface area contributed by atoms with E-state index in [-0.39, 0.29) is 19.1 Å². The van der Waals surface area contributed by atoms with Crippen molar-refractivity contribution in [2.24, 2.45) is 11.8 Å². The van der Waals surface area contributed by atoms with Crippen LogP contribution in [0.3, 0.4) is 0 Å². The highest BCUT2D eigenvalue weighted by Crippen LogP contribution is 2.34. The number of aliphatic hydroxyl groups excluding tert-OH is 1. The van der Waals surface area contributed by atoms with Crippen molar-refractivity contribution >= 4 is 6.09 Å². The first-order chi connectivity index (χ1) is 9.28. The van der Waals surface area contributed by atoms with Crippen molar-refractivity contribution in [2.45, 2.75) is 25.9 Å². The van der Waals surface area contributed by atoms with Gasteiger partial charge in [-0.2, -0.15) is 0 Å². The number of aliphatic hydroxyl groups is 1. The molecule has 1 fully saturated rings. The van der Waals surface area contributed by atoms with Crippen LogP contribution in [0.1, 0.15) is 24.8 Å². The molecular formula is C15H21NO3. The third kappa shape index (κ3) is 5.30. The zero-order valence-electron chi connectivity index (χ0n) is 11.0. The lowest BCUT2D eigenvalue weighted by atomic mass is 10.0. The van der Waals surface area contributed by atoms with Gasteiger partial charge in [-0.15, -0.1) is 0 Å². The summed E-state index contributed by atoms with van der Waals surface area (Å²) in [5.74, 6) is 0.899. The molecule has 4 heteroatoms. The molecule has 0 heterocycles. The maximum atomic E-state index is 11.5. The van der Waals surface area contributed by atoms with Crippen LogP contribution < -0.4 is 5.32 Å². The smallest absolute Gasteiger partial charge is 0.407 e. The number of benzene rings is 1. The second kappa shape index (κ2) is 7.14. The fraction of sp³-hybridized carbons (Fsp3) is 0.533. The van der Waals surface area contributed by atoms with Crippen molar-refractivity contribution in [1.82, 2.24) is 5.32 Å². The van der Waals surface area contributed by atoms with Gasteiger partial charge in [0.15, 0.2) is 0 Å². The van der Waals surface area contributed by atoms with Crippen LogP contribution in [-0.4, -0.2) is 24.4 Å². The highest BCUT2D eigenvalue weighted by Gasteiger charge is 2.25. The molecule has 104 valence electrons. The van der Waals surface area contributed by atoms with Crippen LogP contribution in [0.4, 0.5) is 4.79 Å². The number of hydrogen-bond donors (Lipinski definition) is 2. The molecule has 19 heavy (non-hydrogen) atoms. The van der Waals surface area contributed by atoms with Gasteiger partial charge >= 0.3 is 6.09 Å². The molecule has 4 nitrogen and oxygen atoms in total. The van der Waals surface area contributed by atoms with Gasteiger partial charge in [0, 0.05) is 13.2 Å². The van der Waals surface area contributed by atoms with Crippen LogP contribution in [0.25, 0.3) is 0 Å². The molecular weight excluding hydrogens is 242 g/mol. The summed E-state index contributed by atoms with van der Waals surface area (Å²) in [5.41, 5.74) is 0.967. The second-order valence-electron chi connectivity index (χ2n) is 5.17. The minimum absolute atomic E-state index is 0.121. The molecule has 0 saturated heterocycles. The summed E-state index contributed by atoms with van der Waals surface area (Å²) in [6.07, 6.45) is 3.09. The number of amides is 1. The summed E-state index contributed by atoms with van der Waals surface area (Å²) in [4.78, 5) is 11.5. The number of rotatable bonds is 7. The Bertz CT molecular complexity index is 390. The van der Waals surface area contributed by atoms with Crippen LogP contribution in [0, 0.1) is 11.8 Å². The SMILES string of the molecule is O=C(NCC(CO)CC1CC1)OCc1ccccc1. The largest absolute Gasteiger partial charge is 0.445 e. The Labute approximate surface area is 113 Å². The predicted molar refractivity (Wildman–Crippen MR) is 72.5 cm³/mol. The Kier molecular flexibility index (Phi) is 5.21. The molecule has 0 aromatic heterocycles. The highest BCUT2D eigenvalue weighted by atomic mass is 16.5. The molecule has 2 rings (SSSR count). The van der Waals surface area contributed by atoms with E-state index in [1.54, 1.807) is 0 Å². The fourth-order valence-electron chi connectivity index (χ4n) is 2.05. The monoisotopic (exact) mass is 263 g/mol. The zero-order chi connectivity index (χ0) is 13.5. The van der Waals surface area contributed by atoms with Crippen LogP contribution in [0.2, 0.25) is 0 Å². The van der Waals surface area contributed by atoms with E-state index in [0.29, 0.717) is 6.54 Å². The molecule has 1 aromatic carbocycles. The molecule has 0 spiro atoms. The summed E-state index contributed by atoms with van der Waals surface area (Å²) in [6.45, 7) is 0.884. The van der Waals surface area contributed by atoms with Gasteiger partial charge in [-0.25, -0.2) is 4.79 Å². The normalized spacial score (nSPS) is 15.8. The Morgan fingerprint density at radius 2 is 2.11 bits per heavy atom. The standard InChI is InChI=1S/C15H21NO3/c17-10-14(8-12-6-7-12)9-16-15(18)19-11-13-4-2-1-3-5-13/h1-5,12,14,17H,6-11H2,(H,16,18). The van der Waals surface area contributed by atoms with E-state index in [2.05, 4.69) is 5.32 Å². The maximum absolute atomic E-state index is 11.5. The van der Waals surface area contributed by atoms with Gasteiger partial charge in [-0.1, -0.05) is 43.2 Å². The van der Waals surface area contributed by atoms with Gasteiger partial charge in [0.1, 0.15) is 6.61 Å². The number of ether oxygens (including phenoxy) is 1.